The van der Waals surface area contributed by atoms with Crippen molar-refractivity contribution < 1.29 is 0 Å². The van der Waals surface area contributed by atoms with Crippen LogP contribution in [0.1, 0.15) is 36.1 Å². The number of hydrogen-bond acceptors (Lipinski definition) is 4. The van der Waals surface area contributed by atoms with Crippen molar-refractivity contribution in [1.29, 1.82) is 10.8 Å². The molecular formula is C37H26N4. The first-order valence-corrected chi connectivity index (χ1v) is 13.8. The van der Waals surface area contributed by atoms with Crippen LogP contribution in [0.2, 0.25) is 0 Å². The number of hydrogen-bond donors (Lipinski definition) is 2. The van der Waals surface area contributed by atoms with E-state index in [0.717, 1.165) is 49.6 Å². The van der Waals surface area contributed by atoms with Crippen LogP contribution in [0.25, 0.3) is 61.5 Å². The van der Waals surface area contributed by atoms with Crippen LogP contribution < -0.4 is 0 Å². The summed E-state index contributed by atoms with van der Waals surface area (Å²) in [5.74, 6) is 0.669. The van der Waals surface area contributed by atoms with Crippen LogP contribution in [0.3, 0.4) is 0 Å². The van der Waals surface area contributed by atoms with Gasteiger partial charge in [0, 0.05) is 27.5 Å². The molecule has 0 atom stereocenters. The number of aromatic nitrogens is 2. The number of para-hydroxylation sites is 1. The Morgan fingerprint density at radius 2 is 1.41 bits per heavy atom. The van der Waals surface area contributed by atoms with Crippen molar-refractivity contribution in [2.24, 2.45) is 0 Å². The molecule has 0 spiro atoms. The maximum atomic E-state index is 8.51. The summed E-state index contributed by atoms with van der Waals surface area (Å²) in [4.78, 5) is 10.2. The average molecular weight is 527 g/mol. The molecule has 2 aliphatic rings. The zero-order valence-corrected chi connectivity index (χ0v) is 22.8. The molecule has 41 heavy (non-hydrogen) atoms. The summed E-state index contributed by atoms with van der Waals surface area (Å²) < 4.78 is 0. The minimum absolute atomic E-state index is 0.0434. The Bertz CT molecular complexity index is 2170. The Hall–Kier alpha value is -5.22. The SMILES string of the molecule is CC1(C)c2ccccc2-c2cc(-c3nc(-c4ccc5c6c(ccc5c4)C=CC(=N)C6=N)nc4ccccc34)ccc21. The summed E-state index contributed by atoms with van der Waals surface area (Å²) >= 11 is 0. The summed E-state index contributed by atoms with van der Waals surface area (Å²) in [6.45, 7) is 4.60. The third-order valence-electron chi connectivity index (χ3n) is 8.72. The van der Waals surface area contributed by atoms with Gasteiger partial charge in [0.15, 0.2) is 5.82 Å². The van der Waals surface area contributed by atoms with E-state index in [0.29, 0.717) is 5.82 Å². The van der Waals surface area contributed by atoms with Crippen molar-refractivity contribution in [3.8, 4) is 33.8 Å². The second-order valence-corrected chi connectivity index (χ2v) is 11.4. The first-order valence-electron chi connectivity index (χ1n) is 13.8. The molecule has 0 fully saturated rings. The van der Waals surface area contributed by atoms with Gasteiger partial charge in [-0.05, 0) is 62.9 Å². The summed E-state index contributed by atoms with van der Waals surface area (Å²) in [7, 11) is 0. The van der Waals surface area contributed by atoms with Gasteiger partial charge in [0.2, 0.25) is 0 Å². The van der Waals surface area contributed by atoms with E-state index in [1.807, 2.05) is 42.5 Å². The fraction of sp³-hybridized carbons (Fsp3) is 0.0811. The van der Waals surface area contributed by atoms with Crippen molar-refractivity contribution >= 4 is 39.2 Å². The van der Waals surface area contributed by atoms with Crippen molar-refractivity contribution in [2.45, 2.75) is 19.3 Å². The third-order valence-corrected chi connectivity index (χ3v) is 8.72. The highest BCUT2D eigenvalue weighted by molar-refractivity contribution is 6.53. The number of rotatable bonds is 2. The summed E-state index contributed by atoms with van der Waals surface area (Å²) in [5, 5.41) is 19.6. The van der Waals surface area contributed by atoms with Crippen LogP contribution in [0.4, 0.5) is 0 Å². The Morgan fingerprint density at radius 1 is 0.634 bits per heavy atom. The largest absolute Gasteiger partial charge is 0.299 e. The molecule has 0 unspecified atom stereocenters. The van der Waals surface area contributed by atoms with Crippen LogP contribution in [0.5, 0.6) is 0 Å². The van der Waals surface area contributed by atoms with Gasteiger partial charge in [-0.1, -0.05) is 98.8 Å². The Kier molecular flexibility index (Phi) is 4.84. The fourth-order valence-corrected chi connectivity index (χ4v) is 6.59. The van der Waals surface area contributed by atoms with Gasteiger partial charge in [0.05, 0.1) is 22.6 Å². The maximum Gasteiger partial charge on any atom is 0.160 e. The molecule has 8 rings (SSSR count). The maximum absolute atomic E-state index is 8.51. The van der Waals surface area contributed by atoms with Gasteiger partial charge in [0.25, 0.3) is 0 Å². The van der Waals surface area contributed by atoms with Gasteiger partial charge in [-0.15, -0.1) is 0 Å². The lowest BCUT2D eigenvalue weighted by molar-refractivity contribution is 0.660. The van der Waals surface area contributed by atoms with E-state index in [2.05, 4.69) is 74.5 Å². The van der Waals surface area contributed by atoms with Gasteiger partial charge in [-0.25, -0.2) is 9.97 Å². The summed E-state index contributed by atoms with van der Waals surface area (Å²) in [5.41, 5.74) is 11.3. The van der Waals surface area contributed by atoms with Gasteiger partial charge in [-0.2, -0.15) is 0 Å². The van der Waals surface area contributed by atoms with Crippen LogP contribution >= 0.6 is 0 Å². The number of nitrogens with one attached hydrogen (secondary N) is 2. The molecule has 0 amide bonds. The Labute approximate surface area is 238 Å². The highest BCUT2D eigenvalue weighted by Crippen LogP contribution is 2.49. The molecule has 194 valence electrons. The second kappa shape index (κ2) is 8.39. The molecule has 0 radical (unpaired) electrons. The normalized spacial score (nSPS) is 14.8. The molecule has 2 N–H and O–H groups in total. The van der Waals surface area contributed by atoms with Crippen LogP contribution in [-0.2, 0) is 5.41 Å². The van der Waals surface area contributed by atoms with Crippen LogP contribution in [0.15, 0.2) is 103 Å². The predicted octanol–water partition coefficient (Wildman–Crippen LogP) is 8.84. The number of allylic oxidation sites excluding steroid dienone is 1. The molecule has 1 heterocycles. The number of nitrogens with zero attached hydrogens (tertiary/aromatic N) is 2. The molecule has 0 bridgehead atoms. The van der Waals surface area contributed by atoms with Gasteiger partial charge >= 0.3 is 0 Å². The molecule has 2 aliphatic carbocycles. The average Bonchev–Trinajstić information content (AvgIpc) is 3.24. The Morgan fingerprint density at radius 3 is 2.32 bits per heavy atom. The van der Waals surface area contributed by atoms with Crippen molar-refractivity contribution in [3.05, 3.63) is 125 Å². The van der Waals surface area contributed by atoms with Gasteiger partial charge in [-0.3, -0.25) is 10.8 Å². The molecule has 6 aromatic rings. The molecule has 5 aromatic carbocycles. The predicted molar refractivity (Wildman–Crippen MR) is 169 cm³/mol. The Balaban J connectivity index is 1.31. The summed E-state index contributed by atoms with van der Waals surface area (Å²) in [6.07, 6.45) is 3.60. The molecule has 1 aromatic heterocycles. The second-order valence-electron chi connectivity index (χ2n) is 11.4. The van der Waals surface area contributed by atoms with E-state index in [1.165, 1.54) is 22.3 Å². The monoisotopic (exact) mass is 526 g/mol. The minimum atomic E-state index is -0.0434. The smallest absolute Gasteiger partial charge is 0.160 e. The lowest BCUT2D eigenvalue weighted by Gasteiger charge is -2.21. The van der Waals surface area contributed by atoms with E-state index in [1.54, 1.807) is 6.08 Å². The molecule has 0 aliphatic heterocycles. The van der Waals surface area contributed by atoms with E-state index < -0.39 is 0 Å². The first-order chi connectivity index (χ1) is 19.9. The molecule has 4 nitrogen and oxygen atoms in total. The molecular weight excluding hydrogens is 500 g/mol. The third kappa shape index (κ3) is 3.40. The van der Waals surface area contributed by atoms with E-state index in [9.17, 15) is 0 Å². The first kappa shape index (κ1) is 23.6. The standard InChI is InChI=1S/C37H26N4/c1-37(2)29-9-5-3-7-26(29)28-20-23(14-17-30(28)37)35-27-8-4-6-10-32(27)40-36(41-35)24-13-16-25-22(19-24)12-11-21-15-18-31(38)34(39)33(21)25/h3-20,38-39H,1-2H3. The lowest BCUT2D eigenvalue weighted by Crippen LogP contribution is -2.16. The van der Waals surface area contributed by atoms with Crippen molar-refractivity contribution in [3.63, 3.8) is 0 Å². The quantitative estimate of drug-likeness (QED) is 0.236. The van der Waals surface area contributed by atoms with Gasteiger partial charge < -0.3 is 0 Å². The molecule has 4 heteroatoms. The van der Waals surface area contributed by atoms with E-state index in [-0.39, 0.29) is 16.8 Å². The topological polar surface area (TPSA) is 73.5 Å². The minimum Gasteiger partial charge on any atom is -0.299 e. The van der Waals surface area contributed by atoms with E-state index >= 15 is 0 Å². The van der Waals surface area contributed by atoms with Crippen LogP contribution in [0, 0.1) is 10.8 Å². The number of benzene rings is 5. The zero-order chi connectivity index (χ0) is 27.9. The lowest BCUT2D eigenvalue weighted by atomic mass is 9.82. The molecule has 0 saturated heterocycles. The highest BCUT2D eigenvalue weighted by Gasteiger charge is 2.35. The zero-order valence-electron chi connectivity index (χ0n) is 22.8. The van der Waals surface area contributed by atoms with E-state index in [4.69, 9.17) is 20.8 Å². The van der Waals surface area contributed by atoms with Crippen molar-refractivity contribution in [2.75, 3.05) is 0 Å². The van der Waals surface area contributed by atoms with Crippen molar-refractivity contribution in [1.82, 2.24) is 9.97 Å². The molecule has 0 saturated carbocycles. The van der Waals surface area contributed by atoms with Gasteiger partial charge in [0.1, 0.15) is 0 Å². The summed E-state index contributed by atoms with van der Waals surface area (Å²) in [6, 6.07) is 33.9. The van der Waals surface area contributed by atoms with Crippen LogP contribution in [-0.4, -0.2) is 21.4 Å². The number of fused-ring (bicyclic) bond motifs is 7. The fourth-order valence-electron chi connectivity index (χ4n) is 6.59. The highest BCUT2D eigenvalue weighted by atomic mass is 14.9.